The molecule has 0 bridgehead atoms. The van der Waals surface area contributed by atoms with Crippen molar-refractivity contribution in [3.8, 4) is 17.2 Å². The molecule has 8 aliphatic heterocycles. The van der Waals surface area contributed by atoms with Crippen molar-refractivity contribution in [2.24, 2.45) is 0 Å². The molecule has 8 heterocycles. The largest absolute Gasteiger partial charge is 0.496 e. The minimum Gasteiger partial charge on any atom is -0.496 e. The molecule has 8 aliphatic rings. The van der Waals surface area contributed by atoms with Crippen LogP contribution in [0.1, 0.15) is 114 Å². The second kappa shape index (κ2) is 23.3. The van der Waals surface area contributed by atoms with Gasteiger partial charge >= 0.3 is 0 Å². The number of amides is 2. The van der Waals surface area contributed by atoms with Crippen LogP contribution in [0.4, 0.5) is 11.4 Å². The molecule has 0 aliphatic carbocycles. The van der Waals surface area contributed by atoms with Gasteiger partial charge in [-0.15, -0.1) is 0 Å². The lowest BCUT2D eigenvalue weighted by Crippen LogP contribution is -2.38. The van der Waals surface area contributed by atoms with Crippen LogP contribution in [0.25, 0.3) is 64.6 Å². The van der Waals surface area contributed by atoms with Crippen molar-refractivity contribution in [1.29, 1.82) is 0 Å². The molecule has 3 atom stereocenters. The summed E-state index contributed by atoms with van der Waals surface area (Å²) < 4.78 is 17.8. The van der Waals surface area contributed by atoms with E-state index >= 15 is 0 Å². The lowest BCUT2D eigenvalue weighted by Gasteiger charge is -2.34. The number of benzene rings is 9. The van der Waals surface area contributed by atoms with Gasteiger partial charge in [-0.1, -0.05) is 34.1 Å². The lowest BCUT2D eigenvalue weighted by molar-refractivity contribution is -0.130. The number of carbonyl (C=O) groups is 2. The number of hydrogen-bond acceptors (Lipinski definition) is 11. The number of methoxy groups -OCH3 is 3. The van der Waals surface area contributed by atoms with Gasteiger partial charge < -0.3 is 49.1 Å². The summed E-state index contributed by atoms with van der Waals surface area (Å²) in [6.07, 6.45) is 13.9. The Hall–Kier alpha value is -7.20. The van der Waals surface area contributed by atoms with Crippen molar-refractivity contribution < 1.29 is 39.1 Å². The minimum absolute atomic E-state index is 0.00228. The van der Waals surface area contributed by atoms with Gasteiger partial charge in [-0.05, 0) is 248 Å². The van der Waals surface area contributed by atoms with Gasteiger partial charge in [0, 0.05) is 109 Å². The van der Waals surface area contributed by atoms with E-state index in [1.165, 1.54) is 133 Å². The molecular weight excluding hydrogens is 1170 g/mol. The smallest absolute Gasteiger partial charge is 0.223 e. The van der Waals surface area contributed by atoms with E-state index in [2.05, 4.69) is 114 Å². The van der Waals surface area contributed by atoms with E-state index in [0.29, 0.717) is 55.6 Å². The Labute approximate surface area is 522 Å². The number of aliphatic hydroxyl groups excluding tert-OH is 3. The molecule has 3 N–H and O–H groups in total. The first kappa shape index (κ1) is 57.3. The second-order valence-corrected chi connectivity index (χ2v) is 26.7. The average molecular weight is 1250 g/mol. The molecule has 5 saturated heterocycles. The Bertz CT molecular complexity index is 4330. The van der Waals surface area contributed by atoms with Crippen LogP contribution in [0, 0.1) is 0 Å². The van der Waals surface area contributed by atoms with E-state index in [4.69, 9.17) is 14.2 Å². The van der Waals surface area contributed by atoms with Crippen molar-refractivity contribution in [2.75, 3.05) is 63.9 Å². The van der Waals surface area contributed by atoms with Crippen LogP contribution in [0.15, 0.2) is 95.5 Å². The van der Waals surface area contributed by atoms with Crippen LogP contribution >= 0.6 is 15.9 Å². The first-order valence-electron chi connectivity index (χ1n) is 32.1. The van der Waals surface area contributed by atoms with Gasteiger partial charge in [0.2, 0.25) is 11.8 Å². The molecular formula is C74H78BrN5O8. The van der Waals surface area contributed by atoms with E-state index < -0.39 is 0 Å². The second-order valence-electron chi connectivity index (χ2n) is 25.8. The Morgan fingerprint density at radius 1 is 0.409 bits per heavy atom. The van der Waals surface area contributed by atoms with E-state index in [0.717, 1.165) is 113 Å². The fourth-order valence-corrected chi connectivity index (χ4v) is 17.2. The highest BCUT2D eigenvalue weighted by Gasteiger charge is 2.39. The Kier molecular flexibility index (Phi) is 15.2. The van der Waals surface area contributed by atoms with Crippen molar-refractivity contribution >= 4 is 104 Å². The summed E-state index contributed by atoms with van der Waals surface area (Å²) in [6.45, 7) is 7.97. The third-order valence-corrected chi connectivity index (χ3v) is 21.9. The Morgan fingerprint density at radius 2 is 0.795 bits per heavy atom. The van der Waals surface area contributed by atoms with Gasteiger partial charge in [0.25, 0.3) is 0 Å². The fraction of sp³-hybridized carbons (Fsp3) is 0.405. The summed E-state index contributed by atoms with van der Waals surface area (Å²) in [6, 6.07) is 34.3. The summed E-state index contributed by atoms with van der Waals surface area (Å²) in [7, 11) is 4.99. The molecule has 17 rings (SSSR count). The SMILES string of the molecule is COc1cc2c3c(c4ccc(Br)cc4c2cc1CO)C[C@@H]1CCC(=O)N1C3.COc1cc2c3c(c4ccc(N5CCCC5)cc4c2cc1CO)C[C@@H]1CCC(=O)N1C3.COc1cc2c3c(c4ccc(N5CCCC5)cc4c2cc1CO)C[C@@H]1CCCN1C3. The number of ether oxygens (including phenoxy) is 3. The third-order valence-electron chi connectivity index (χ3n) is 21.4. The zero-order chi connectivity index (χ0) is 60.1. The number of anilines is 2. The summed E-state index contributed by atoms with van der Waals surface area (Å²) >= 11 is 3.60. The van der Waals surface area contributed by atoms with Crippen LogP contribution < -0.4 is 24.0 Å². The van der Waals surface area contributed by atoms with Crippen LogP contribution in [-0.2, 0) is 68.3 Å². The highest BCUT2D eigenvalue weighted by molar-refractivity contribution is 9.10. The van der Waals surface area contributed by atoms with Crippen LogP contribution in [0.3, 0.4) is 0 Å². The Balaban J connectivity index is 0.000000111. The number of nitrogens with zero attached hydrogens (tertiary/aromatic N) is 5. The molecule has 14 heteroatoms. The topological polar surface area (TPSA) is 139 Å². The number of carbonyl (C=O) groups excluding carboxylic acids is 2. The van der Waals surface area contributed by atoms with Gasteiger partial charge in [0.05, 0.1) is 41.2 Å². The highest BCUT2D eigenvalue weighted by atomic mass is 79.9. The third kappa shape index (κ3) is 9.70. The number of rotatable bonds is 8. The highest BCUT2D eigenvalue weighted by Crippen LogP contribution is 2.47. The minimum atomic E-state index is -0.0711. The standard InChI is InChI=1S/C26H28N2O3.C26H30N2O2.C22H20BrNO3/c1-31-25-13-23-20(10-16(25)15-29)21-11-17(27-8-2-3-9-27)4-6-19(21)22-12-18-5-7-26(30)28(18)14-24(22)23;1-30-26-14-24-21(11-17(26)16-29)22-13-19(27-8-2-3-9-27)6-7-20(22)23-12-18-5-4-10-28(18)15-25(23)24;1-27-21-9-19-16(6-12(21)11-25)17-7-13(23)2-4-15(17)18-8-14-3-5-22(26)24(14)10-20(18)19/h4,6,10-11,13,18,29H,2-3,5,7-9,12,14-15H2,1H3;6-7,11,13-14,18,29H,2-5,8-10,12,15-16H2,1H3;2,4,6-7,9,14,25H,3,5,8,10-11H2,1H3/t2*18-;14-/m000/s1. The van der Waals surface area contributed by atoms with Crippen molar-refractivity contribution in [3.63, 3.8) is 0 Å². The first-order chi connectivity index (χ1) is 43.0. The van der Waals surface area contributed by atoms with Gasteiger partial charge in [-0.3, -0.25) is 14.5 Å². The summed E-state index contributed by atoms with van der Waals surface area (Å²) in [5, 5.41) is 44.5. The predicted molar refractivity (Wildman–Crippen MR) is 354 cm³/mol. The number of hydrogen-bond donors (Lipinski definition) is 3. The molecule has 5 fully saturated rings. The van der Waals surface area contributed by atoms with Crippen LogP contribution in [0.5, 0.6) is 17.2 Å². The molecule has 88 heavy (non-hydrogen) atoms. The van der Waals surface area contributed by atoms with Crippen LogP contribution in [0.2, 0.25) is 0 Å². The zero-order valence-electron chi connectivity index (χ0n) is 50.9. The van der Waals surface area contributed by atoms with Crippen molar-refractivity contribution in [1.82, 2.24) is 14.7 Å². The maximum Gasteiger partial charge on any atom is 0.223 e. The molecule has 2 amide bonds. The molecule has 9 aromatic carbocycles. The van der Waals surface area contributed by atoms with E-state index in [-0.39, 0.29) is 31.6 Å². The number of halogens is 1. The van der Waals surface area contributed by atoms with Gasteiger partial charge in [-0.25, -0.2) is 0 Å². The number of fused-ring (bicyclic) bond motifs is 21. The van der Waals surface area contributed by atoms with Gasteiger partial charge in [-0.2, -0.15) is 0 Å². The molecule has 0 spiro atoms. The van der Waals surface area contributed by atoms with Crippen molar-refractivity contribution in [3.05, 3.63) is 146 Å². The normalized spacial score (nSPS) is 20.3. The molecule has 454 valence electrons. The maximum atomic E-state index is 12.5. The molecule has 0 unspecified atom stereocenters. The summed E-state index contributed by atoms with van der Waals surface area (Å²) in [5.41, 5.74) is 13.2. The van der Waals surface area contributed by atoms with Gasteiger partial charge in [0.15, 0.2) is 0 Å². The molecule has 0 saturated carbocycles. The van der Waals surface area contributed by atoms with Gasteiger partial charge in [0.1, 0.15) is 17.2 Å². The monoisotopic (exact) mass is 1240 g/mol. The molecule has 0 aromatic heterocycles. The first-order valence-corrected chi connectivity index (χ1v) is 32.9. The quantitative estimate of drug-likeness (QED) is 0.125. The maximum absolute atomic E-state index is 12.5. The fourth-order valence-electron chi connectivity index (χ4n) is 16.9. The average Bonchev–Trinajstić information content (AvgIpc) is 1.10. The molecule has 0 radical (unpaired) electrons. The van der Waals surface area contributed by atoms with E-state index in [1.807, 2.05) is 17.0 Å². The summed E-state index contributed by atoms with van der Waals surface area (Å²) in [5.74, 6) is 2.73. The molecule has 13 nitrogen and oxygen atoms in total. The van der Waals surface area contributed by atoms with Crippen LogP contribution in [-0.4, -0.2) is 114 Å². The van der Waals surface area contributed by atoms with E-state index in [1.54, 1.807) is 21.3 Å². The predicted octanol–water partition coefficient (Wildman–Crippen LogP) is 13.1. The lowest BCUT2D eigenvalue weighted by atomic mass is 9.84. The summed E-state index contributed by atoms with van der Waals surface area (Å²) in [4.78, 5) is 36.6. The number of aliphatic hydroxyl groups is 3. The van der Waals surface area contributed by atoms with Crippen molar-refractivity contribution in [2.45, 2.75) is 141 Å². The zero-order valence-corrected chi connectivity index (χ0v) is 52.4. The molecule has 9 aromatic rings. The van der Waals surface area contributed by atoms with E-state index in [9.17, 15) is 24.9 Å². The Morgan fingerprint density at radius 3 is 1.22 bits per heavy atom.